The topological polar surface area (TPSA) is 134 Å². The van der Waals surface area contributed by atoms with Crippen LogP contribution in [-0.4, -0.2) is 69.5 Å². The van der Waals surface area contributed by atoms with Crippen molar-refractivity contribution >= 4 is 11.9 Å². The highest BCUT2D eigenvalue weighted by molar-refractivity contribution is 5.94. The molecule has 1 aromatic carbocycles. The molecule has 1 atom stereocenters. The number of amides is 1. The molecule has 3 rings (SSSR count). The quantitative estimate of drug-likeness (QED) is 0.545. The van der Waals surface area contributed by atoms with E-state index in [0.29, 0.717) is 25.6 Å². The molecule has 34 heavy (non-hydrogen) atoms. The molecule has 1 aliphatic heterocycles. The maximum absolute atomic E-state index is 13.7. The van der Waals surface area contributed by atoms with Crippen LogP contribution in [0.4, 0.5) is 17.6 Å². The maximum atomic E-state index is 13.7. The Morgan fingerprint density at radius 2 is 1.88 bits per heavy atom. The van der Waals surface area contributed by atoms with Crippen LogP contribution >= 0.6 is 0 Å². The zero-order valence-corrected chi connectivity index (χ0v) is 18.1. The number of carboxylic acid groups (broad SMARTS) is 1. The average Bonchev–Trinajstić information content (AvgIpc) is 2.77. The molecular weight excluding hydrogens is 468 g/mol. The van der Waals surface area contributed by atoms with Crippen molar-refractivity contribution in [2.75, 3.05) is 26.8 Å². The molecule has 0 bridgehead atoms. The van der Waals surface area contributed by atoms with Gasteiger partial charge in [-0.05, 0) is 13.1 Å². The lowest BCUT2D eigenvalue weighted by atomic mass is 10.2. The lowest BCUT2D eigenvalue weighted by Crippen LogP contribution is -2.41. The molecule has 2 aromatic rings. The average molecular weight is 490 g/mol. The normalized spacial score (nSPS) is 16.4. The molecule has 2 heterocycles. The maximum Gasteiger partial charge on any atom is 0.490 e. The van der Waals surface area contributed by atoms with Crippen LogP contribution in [0, 0.1) is 5.82 Å². The van der Waals surface area contributed by atoms with E-state index >= 15 is 0 Å². The number of ether oxygens (including phenoxy) is 1. The number of benzene rings is 1. The number of aromatic nitrogens is 2. The molecule has 3 N–H and O–H groups in total. The number of rotatable bonds is 4. The number of aliphatic carboxylic acids is 1. The summed E-state index contributed by atoms with van der Waals surface area (Å²) in [6, 6.07) is 5.69. The SMILES string of the molecule is CN1CCOCC1c1nc(C(=O)NCc2ccccc2F)c(O)c(=O)n1C.O=C(O)C(F)(F)F. The van der Waals surface area contributed by atoms with Crippen LogP contribution in [0.25, 0.3) is 0 Å². The molecule has 1 fully saturated rings. The van der Waals surface area contributed by atoms with Gasteiger partial charge < -0.3 is 20.3 Å². The molecule has 0 spiro atoms. The molecule has 0 aliphatic carbocycles. The van der Waals surface area contributed by atoms with Gasteiger partial charge in [0.15, 0.2) is 5.69 Å². The van der Waals surface area contributed by atoms with Gasteiger partial charge in [-0.2, -0.15) is 13.2 Å². The minimum atomic E-state index is -5.08. The zero-order chi connectivity index (χ0) is 25.6. The van der Waals surface area contributed by atoms with Gasteiger partial charge in [-0.1, -0.05) is 18.2 Å². The largest absolute Gasteiger partial charge is 0.501 e. The van der Waals surface area contributed by atoms with E-state index in [9.17, 15) is 32.3 Å². The molecule has 1 aliphatic rings. The molecule has 1 aromatic heterocycles. The van der Waals surface area contributed by atoms with E-state index in [1.807, 2.05) is 11.9 Å². The van der Waals surface area contributed by atoms with Crippen molar-refractivity contribution < 1.29 is 42.1 Å². The van der Waals surface area contributed by atoms with Crippen LogP contribution in [0.15, 0.2) is 29.1 Å². The van der Waals surface area contributed by atoms with Crippen LogP contribution < -0.4 is 10.9 Å². The number of aromatic hydroxyl groups is 1. The number of hydrogen-bond donors (Lipinski definition) is 3. The summed E-state index contributed by atoms with van der Waals surface area (Å²) >= 11 is 0. The Morgan fingerprint density at radius 1 is 1.26 bits per heavy atom. The van der Waals surface area contributed by atoms with Gasteiger partial charge in [-0.15, -0.1) is 0 Å². The van der Waals surface area contributed by atoms with E-state index in [1.54, 1.807) is 12.1 Å². The standard InChI is InChI=1S/C18H21FN4O4.C2HF3O2/c1-22-7-8-27-10-13(22)16-21-14(15(24)18(26)23(16)2)17(25)20-9-11-5-3-4-6-12(11)19;3-2(4,5)1(6)7/h3-6,13,24H,7-10H2,1-2H3,(H,20,25);(H,6,7). The first-order valence-corrected chi connectivity index (χ1v) is 9.74. The summed E-state index contributed by atoms with van der Waals surface area (Å²) in [6.45, 7) is 1.44. The molecule has 1 saturated heterocycles. The van der Waals surface area contributed by atoms with Gasteiger partial charge >= 0.3 is 12.1 Å². The highest BCUT2D eigenvalue weighted by Gasteiger charge is 2.38. The number of morpholine rings is 1. The number of nitrogens with one attached hydrogen (secondary N) is 1. The Bertz CT molecular complexity index is 1110. The van der Waals surface area contributed by atoms with Crippen LogP contribution in [0.3, 0.4) is 0 Å². The summed E-state index contributed by atoms with van der Waals surface area (Å²) in [4.78, 5) is 39.9. The monoisotopic (exact) mass is 490 g/mol. The highest BCUT2D eigenvalue weighted by atomic mass is 19.4. The van der Waals surface area contributed by atoms with Crippen LogP contribution in [0.5, 0.6) is 5.75 Å². The van der Waals surface area contributed by atoms with E-state index in [4.69, 9.17) is 14.6 Å². The first-order valence-electron chi connectivity index (χ1n) is 9.74. The van der Waals surface area contributed by atoms with Crippen molar-refractivity contribution in [2.24, 2.45) is 7.05 Å². The molecule has 1 unspecified atom stereocenters. The van der Waals surface area contributed by atoms with E-state index < -0.39 is 35.2 Å². The molecule has 14 heteroatoms. The molecular formula is C20H22F4N4O6. The summed E-state index contributed by atoms with van der Waals surface area (Å²) in [5.41, 5.74) is -0.826. The Balaban J connectivity index is 0.000000509. The fraction of sp³-hybridized carbons (Fsp3) is 0.400. The van der Waals surface area contributed by atoms with E-state index in [2.05, 4.69) is 10.3 Å². The fourth-order valence-corrected chi connectivity index (χ4v) is 2.92. The number of carbonyl (C=O) groups is 2. The third kappa shape index (κ3) is 6.51. The predicted octanol–water partition coefficient (Wildman–Crippen LogP) is 1.19. The second-order valence-corrected chi connectivity index (χ2v) is 7.18. The summed E-state index contributed by atoms with van der Waals surface area (Å²) in [7, 11) is 3.35. The Labute approximate surface area is 190 Å². The molecule has 1 amide bonds. The van der Waals surface area contributed by atoms with Gasteiger partial charge in [0, 0.05) is 25.7 Å². The molecule has 0 saturated carbocycles. The van der Waals surface area contributed by atoms with Crippen LogP contribution in [0.1, 0.15) is 27.9 Å². The van der Waals surface area contributed by atoms with Gasteiger partial charge in [-0.25, -0.2) is 14.2 Å². The summed E-state index contributed by atoms with van der Waals surface area (Å²) in [6.07, 6.45) is -5.08. The third-order valence-electron chi connectivity index (χ3n) is 4.85. The van der Waals surface area contributed by atoms with Gasteiger partial charge in [0.2, 0.25) is 5.75 Å². The Hall–Kier alpha value is -3.52. The van der Waals surface area contributed by atoms with Crippen LogP contribution in [0.2, 0.25) is 0 Å². The lowest BCUT2D eigenvalue weighted by molar-refractivity contribution is -0.192. The summed E-state index contributed by atoms with van der Waals surface area (Å²) in [5.74, 6) is -4.40. The highest BCUT2D eigenvalue weighted by Crippen LogP contribution is 2.22. The van der Waals surface area contributed by atoms with Crippen molar-refractivity contribution in [1.82, 2.24) is 19.8 Å². The first-order chi connectivity index (χ1) is 15.8. The van der Waals surface area contributed by atoms with Crippen molar-refractivity contribution in [3.8, 4) is 5.75 Å². The zero-order valence-electron chi connectivity index (χ0n) is 18.1. The van der Waals surface area contributed by atoms with Gasteiger partial charge in [-0.3, -0.25) is 19.1 Å². The first kappa shape index (κ1) is 26.7. The minimum absolute atomic E-state index is 0.0936. The number of halogens is 4. The van der Waals surface area contributed by atoms with Crippen molar-refractivity contribution in [3.63, 3.8) is 0 Å². The second kappa shape index (κ2) is 11.1. The number of hydrogen-bond acceptors (Lipinski definition) is 7. The molecule has 10 nitrogen and oxygen atoms in total. The number of carbonyl (C=O) groups excluding carboxylic acids is 1. The van der Waals surface area contributed by atoms with Crippen molar-refractivity contribution in [1.29, 1.82) is 0 Å². The van der Waals surface area contributed by atoms with Crippen LogP contribution in [-0.2, 0) is 23.1 Å². The van der Waals surface area contributed by atoms with Gasteiger partial charge in [0.1, 0.15) is 11.6 Å². The van der Waals surface area contributed by atoms with E-state index in [-0.39, 0.29) is 23.8 Å². The predicted molar refractivity (Wildman–Crippen MR) is 109 cm³/mol. The van der Waals surface area contributed by atoms with Gasteiger partial charge in [0.25, 0.3) is 11.5 Å². The third-order valence-corrected chi connectivity index (χ3v) is 4.85. The summed E-state index contributed by atoms with van der Waals surface area (Å²) < 4.78 is 52.1. The number of carboxylic acids is 1. The Kier molecular flexibility index (Phi) is 8.70. The number of nitrogens with zero attached hydrogens (tertiary/aromatic N) is 3. The molecule has 186 valence electrons. The minimum Gasteiger partial charge on any atom is -0.501 e. The fourth-order valence-electron chi connectivity index (χ4n) is 2.92. The Morgan fingerprint density at radius 3 is 2.44 bits per heavy atom. The smallest absolute Gasteiger partial charge is 0.490 e. The van der Waals surface area contributed by atoms with Crippen molar-refractivity contribution in [2.45, 2.75) is 18.8 Å². The number of alkyl halides is 3. The van der Waals surface area contributed by atoms with Crippen molar-refractivity contribution in [3.05, 3.63) is 57.5 Å². The molecule has 0 radical (unpaired) electrons. The number of likely N-dealkylation sites (N-methyl/N-ethyl adjacent to an activating group) is 1. The lowest BCUT2D eigenvalue weighted by Gasteiger charge is -2.32. The summed E-state index contributed by atoms with van der Waals surface area (Å²) in [5, 5.41) is 19.7. The van der Waals surface area contributed by atoms with Gasteiger partial charge in [0.05, 0.1) is 19.3 Å². The van der Waals surface area contributed by atoms with E-state index in [0.717, 1.165) is 0 Å². The van der Waals surface area contributed by atoms with E-state index in [1.165, 1.54) is 23.7 Å². The second-order valence-electron chi connectivity index (χ2n) is 7.18.